The summed E-state index contributed by atoms with van der Waals surface area (Å²) in [7, 11) is 0. The maximum absolute atomic E-state index is 13.0. The molecule has 7 nitrogen and oxygen atoms in total. The third-order valence-corrected chi connectivity index (χ3v) is 4.98. The first-order valence-electron chi connectivity index (χ1n) is 9.14. The molecule has 1 aliphatic rings. The highest BCUT2D eigenvalue weighted by Gasteiger charge is 2.23. The van der Waals surface area contributed by atoms with E-state index in [9.17, 15) is 13.6 Å². The standard InChI is InChI=1S/C19H20F2N6O/c20-19(21)14-3-4-17-24-10-15(27(17)25-14)13-5-6-23-18(9-13)26-7-1-2-12(11-26)8-16(22)28/h3-6,9-10,12,19H,1-2,7-8,11H2,(H2,22,28). The van der Waals surface area contributed by atoms with Gasteiger partial charge in [-0.1, -0.05) is 0 Å². The van der Waals surface area contributed by atoms with Crippen molar-refractivity contribution in [3.8, 4) is 11.3 Å². The fourth-order valence-electron chi connectivity index (χ4n) is 3.68. The number of amides is 1. The van der Waals surface area contributed by atoms with Crippen LogP contribution >= 0.6 is 0 Å². The fourth-order valence-corrected chi connectivity index (χ4v) is 3.68. The van der Waals surface area contributed by atoms with Crippen LogP contribution in [0.15, 0.2) is 36.7 Å². The van der Waals surface area contributed by atoms with E-state index in [2.05, 4.69) is 20.0 Å². The van der Waals surface area contributed by atoms with Gasteiger partial charge >= 0.3 is 0 Å². The summed E-state index contributed by atoms with van der Waals surface area (Å²) in [4.78, 5) is 22.1. The van der Waals surface area contributed by atoms with E-state index in [1.165, 1.54) is 16.6 Å². The molecule has 9 heteroatoms. The molecule has 4 heterocycles. The lowest BCUT2D eigenvalue weighted by molar-refractivity contribution is -0.118. The zero-order chi connectivity index (χ0) is 19.7. The van der Waals surface area contributed by atoms with Gasteiger partial charge in [0.05, 0.1) is 11.9 Å². The van der Waals surface area contributed by atoms with E-state index in [0.717, 1.165) is 30.8 Å². The number of carbonyl (C=O) groups is 1. The van der Waals surface area contributed by atoms with Gasteiger partial charge < -0.3 is 10.6 Å². The Bertz CT molecular complexity index is 1010. The van der Waals surface area contributed by atoms with Gasteiger partial charge in [-0.2, -0.15) is 5.10 Å². The molecule has 1 fully saturated rings. The van der Waals surface area contributed by atoms with Gasteiger partial charge in [0.15, 0.2) is 5.65 Å². The summed E-state index contributed by atoms with van der Waals surface area (Å²) in [6, 6.07) is 6.50. The van der Waals surface area contributed by atoms with Gasteiger partial charge in [-0.3, -0.25) is 4.79 Å². The summed E-state index contributed by atoms with van der Waals surface area (Å²) in [6.45, 7) is 1.55. The molecule has 0 aromatic carbocycles. The molecule has 0 bridgehead atoms. The van der Waals surface area contributed by atoms with E-state index < -0.39 is 6.43 Å². The quantitative estimate of drug-likeness (QED) is 0.728. The van der Waals surface area contributed by atoms with Crippen LogP contribution in [0.3, 0.4) is 0 Å². The van der Waals surface area contributed by atoms with Gasteiger partial charge in [-0.05, 0) is 43.0 Å². The zero-order valence-electron chi connectivity index (χ0n) is 15.1. The average Bonchev–Trinajstić information content (AvgIpc) is 3.11. The molecule has 3 aromatic rings. The van der Waals surface area contributed by atoms with Crippen molar-refractivity contribution >= 4 is 17.4 Å². The van der Waals surface area contributed by atoms with Crippen LogP contribution in [0.25, 0.3) is 16.9 Å². The Labute approximate surface area is 160 Å². The minimum absolute atomic E-state index is 0.211. The molecule has 1 unspecified atom stereocenters. The number of hydrogen-bond donors (Lipinski definition) is 1. The normalized spacial score (nSPS) is 17.4. The lowest BCUT2D eigenvalue weighted by atomic mass is 9.94. The Kier molecular flexibility index (Phi) is 4.89. The van der Waals surface area contributed by atoms with Crippen LogP contribution in [-0.4, -0.2) is 38.6 Å². The summed E-state index contributed by atoms with van der Waals surface area (Å²) in [5.74, 6) is 0.689. The number of halogens is 2. The number of carbonyl (C=O) groups excluding carboxylic acids is 1. The number of nitrogens with zero attached hydrogens (tertiary/aromatic N) is 5. The number of imidazole rings is 1. The largest absolute Gasteiger partial charge is 0.370 e. The third-order valence-electron chi connectivity index (χ3n) is 4.98. The topological polar surface area (TPSA) is 89.4 Å². The zero-order valence-corrected chi connectivity index (χ0v) is 15.1. The van der Waals surface area contributed by atoms with E-state index in [4.69, 9.17) is 5.73 Å². The molecule has 0 aliphatic carbocycles. The molecule has 1 saturated heterocycles. The predicted molar refractivity (Wildman–Crippen MR) is 99.9 cm³/mol. The summed E-state index contributed by atoms with van der Waals surface area (Å²) in [6.07, 6.45) is 2.93. The van der Waals surface area contributed by atoms with Crippen molar-refractivity contribution in [1.82, 2.24) is 19.6 Å². The van der Waals surface area contributed by atoms with E-state index in [-0.39, 0.29) is 17.5 Å². The molecule has 3 aromatic heterocycles. The molecule has 4 rings (SSSR count). The third kappa shape index (κ3) is 3.64. The second-order valence-corrected chi connectivity index (χ2v) is 7.00. The smallest absolute Gasteiger partial charge is 0.282 e. The van der Waals surface area contributed by atoms with E-state index >= 15 is 0 Å². The fraction of sp³-hybridized carbons (Fsp3) is 0.368. The van der Waals surface area contributed by atoms with Crippen LogP contribution in [0, 0.1) is 5.92 Å². The van der Waals surface area contributed by atoms with Crippen molar-refractivity contribution in [3.05, 3.63) is 42.4 Å². The highest BCUT2D eigenvalue weighted by atomic mass is 19.3. The first-order valence-corrected chi connectivity index (χ1v) is 9.14. The number of fused-ring (bicyclic) bond motifs is 1. The van der Waals surface area contributed by atoms with Gasteiger partial charge in [0, 0.05) is 31.3 Å². The molecular formula is C19H20F2N6O. The van der Waals surface area contributed by atoms with Crippen LogP contribution in [-0.2, 0) is 4.79 Å². The number of rotatable bonds is 5. The summed E-state index contributed by atoms with van der Waals surface area (Å²) in [5.41, 5.74) is 6.94. The number of hydrogen-bond acceptors (Lipinski definition) is 5. The Morgan fingerprint density at radius 3 is 2.93 bits per heavy atom. The van der Waals surface area contributed by atoms with Crippen molar-refractivity contribution in [2.75, 3.05) is 18.0 Å². The van der Waals surface area contributed by atoms with Gasteiger partial charge in [0.25, 0.3) is 6.43 Å². The molecule has 0 radical (unpaired) electrons. The molecule has 0 saturated carbocycles. The van der Waals surface area contributed by atoms with E-state index in [0.29, 0.717) is 24.3 Å². The number of aromatic nitrogens is 4. The highest BCUT2D eigenvalue weighted by Crippen LogP contribution is 2.28. The van der Waals surface area contributed by atoms with Crippen LogP contribution in [0.1, 0.15) is 31.4 Å². The highest BCUT2D eigenvalue weighted by molar-refractivity contribution is 5.74. The van der Waals surface area contributed by atoms with Crippen LogP contribution in [0.2, 0.25) is 0 Å². The number of nitrogens with two attached hydrogens (primary N) is 1. The molecule has 0 spiro atoms. The Morgan fingerprint density at radius 2 is 2.14 bits per heavy atom. The molecule has 28 heavy (non-hydrogen) atoms. The summed E-state index contributed by atoms with van der Waals surface area (Å²) in [5, 5.41) is 4.02. The first-order chi connectivity index (χ1) is 13.5. The average molecular weight is 386 g/mol. The van der Waals surface area contributed by atoms with Crippen molar-refractivity contribution in [2.45, 2.75) is 25.7 Å². The lowest BCUT2D eigenvalue weighted by Gasteiger charge is -2.33. The van der Waals surface area contributed by atoms with Gasteiger partial charge in [-0.25, -0.2) is 23.3 Å². The minimum Gasteiger partial charge on any atom is -0.370 e. The maximum atomic E-state index is 13.0. The lowest BCUT2D eigenvalue weighted by Crippen LogP contribution is -2.37. The second kappa shape index (κ2) is 7.49. The number of alkyl halides is 2. The Hall–Kier alpha value is -3.10. The molecule has 1 atom stereocenters. The number of primary amides is 1. The van der Waals surface area contributed by atoms with Crippen molar-refractivity contribution in [1.29, 1.82) is 0 Å². The number of piperidine rings is 1. The summed E-state index contributed by atoms with van der Waals surface area (Å²) < 4.78 is 27.5. The van der Waals surface area contributed by atoms with Crippen molar-refractivity contribution < 1.29 is 13.6 Å². The van der Waals surface area contributed by atoms with Gasteiger partial charge in [0.2, 0.25) is 5.91 Å². The van der Waals surface area contributed by atoms with Crippen molar-refractivity contribution in [2.24, 2.45) is 11.7 Å². The maximum Gasteiger partial charge on any atom is 0.282 e. The molecule has 1 amide bonds. The minimum atomic E-state index is -2.65. The van der Waals surface area contributed by atoms with Crippen LogP contribution in [0.5, 0.6) is 0 Å². The molecule has 146 valence electrons. The molecular weight excluding hydrogens is 366 g/mol. The molecule has 1 aliphatic heterocycles. The second-order valence-electron chi connectivity index (χ2n) is 7.00. The van der Waals surface area contributed by atoms with Gasteiger partial charge in [-0.15, -0.1) is 0 Å². The Morgan fingerprint density at radius 1 is 1.29 bits per heavy atom. The van der Waals surface area contributed by atoms with Crippen LogP contribution in [0.4, 0.5) is 14.6 Å². The van der Waals surface area contributed by atoms with E-state index in [1.54, 1.807) is 18.5 Å². The van der Waals surface area contributed by atoms with Crippen molar-refractivity contribution in [3.63, 3.8) is 0 Å². The first kappa shape index (κ1) is 18.3. The summed E-state index contributed by atoms with van der Waals surface area (Å²) >= 11 is 0. The van der Waals surface area contributed by atoms with Gasteiger partial charge in [0.1, 0.15) is 11.5 Å². The Balaban J connectivity index is 1.65. The number of pyridine rings is 1. The van der Waals surface area contributed by atoms with E-state index in [1.807, 2.05) is 6.07 Å². The number of anilines is 1. The SMILES string of the molecule is NC(=O)CC1CCCN(c2cc(-c3cnc4ccc(C(F)F)nn34)ccn2)C1. The van der Waals surface area contributed by atoms with Crippen LogP contribution < -0.4 is 10.6 Å². The monoisotopic (exact) mass is 386 g/mol. The molecule has 2 N–H and O–H groups in total. The predicted octanol–water partition coefficient (Wildman–Crippen LogP) is 2.82.